The zero-order chi connectivity index (χ0) is 20.2. The van der Waals surface area contributed by atoms with Crippen molar-refractivity contribution >= 4 is 34.7 Å². The molecular formula is C19H16ClN5O2S2. The van der Waals surface area contributed by atoms with E-state index in [0.29, 0.717) is 27.4 Å². The smallest absolute Gasteiger partial charge is 0.214 e. The summed E-state index contributed by atoms with van der Waals surface area (Å²) in [6, 6.07) is 13.1. The van der Waals surface area contributed by atoms with Gasteiger partial charge in [0.15, 0.2) is 11.5 Å². The number of thiazole rings is 1. The first-order valence-electron chi connectivity index (χ1n) is 8.52. The molecule has 0 saturated heterocycles. The fourth-order valence-corrected chi connectivity index (χ4v) is 4.46. The largest absolute Gasteiger partial charge is 0.493 e. The van der Waals surface area contributed by atoms with Crippen LogP contribution < -0.4 is 9.47 Å². The van der Waals surface area contributed by atoms with Crippen LogP contribution in [-0.2, 0) is 5.75 Å². The summed E-state index contributed by atoms with van der Waals surface area (Å²) in [5.41, 5.74) is 2.79. The van der Waals surface area contributed by atoms with Crippen molar-refractivity contribution in [2.24, 2.45) is 0 Å². The molecule has 0 radical (unpaired) electrons. The normalized spacial score (nSPS) is 10.9. The lowest BCUT2D eigenvalue weighted by Crippen LogP contribution is -1.98. The average Bonchev–Trinajstić information content (AvgIpc) is 3.42. The number of hydrogen-bond donors (Lipinski definition) is 0. The van der Waals surface area contributed by atoms with Crippen LogP contribution in [-0.4, -0.2) is 39.4 Å². The number of benzene rings is 2. The summed E-state index contributed by atoms with van der Waals surface area (Å²) >= 11 is 9.06. The Morgan fingerprint density at radius 1 is 1.07 bits per heavy atom. The highest BCUT2D eigenvalue weighted by Crippen LogP contribution is 2.34. The number of halogens is 1. The Hall–Kier alpha value is -2.62. The molecule has 29 heavy (non-hydrogen) atoms. The molecular weight excluding hydrogens is 430 g/mol. The van der Waals surface area contributed by atoms with Gasteiger partial charge in [-0.3, -0.25) is 0 Å². The summed E-state index contributed by atoms with van der Waals surface area (Å²) in [5.74, 6) is 2.02. The molecule has 0 aliphatic heterocycles. The standard InChI is InChI=1S/C19H16ClN5O2S2/c1-26-16-8-3-12(9-17(16)27-2)18-21-14(10-28-18)11-29-19-22-23-24-25(19)15-6-4-13(20)5-7-15/h3-10H,11H2,1-2H3. The number of methoxy groups -OCH3 is 2. The van der Waals surface area contributed by atoms with Gasteiger partial charge in [-0.25, -0.2) is 4.98 Å². The maximum atomic E-state index is 5.95. The summed E-state index contributed by atoms with van der Waals surface area (Å²) in [6.07, 6.45) is 0. The Kier molecular flexibility index (Phi) is 5.98. The van der Waals surface area contributed by atoms with Crippen molar-refractivity contribution in [3.63, 3.8) is 0 Å². The molecule has 10 heteroatoms. The number of aromatic nitrogens is 5. The Morgan fingerprint density at radius 2 is 1.86 bits per heavy atom. The predicted molar refractivity (Wildman–Crippen MR) is 114 cm³/mol. The van der Waals surface area contributed by atoms with Gasteiger partial charge in [-0.15, -0.1) is 16.4 Å². The highest BCUT2D eigenvalue weighted by Gasteiger charge is 2.13. The summed E-state index contributed by atoms with van der Waals surface area (Å²) in [7, 11) is 3.24. The van der Waals surface area contributed by atoms with Crippen LogP contribution in [0.2, 0.25) is 5.02 Å². The molecule has 4 aromatic rings. The lowest BCUT2D eigenvalue weighted by atomic mass is 10.2. The Labute approximate surface area is 180 Å². The zero-order valence-electron chi connectivity index (χ0n) is 15.6. The van der Waals surface area contributed by atoms with Crippen LogP contribution in [0.3, 0.4) is 0 Å². The number of ether oxygens (including phenoxy) is 2. The molecule has 0 saturated carbocycles. The summed E-state index contributed by atoms with van der Waals surface area (Å²) in [5, 5.41) is 16.3. The van der Waals surface area contributed by atoms with Gasteiger partial charge in [-0.2, -0.15) is 4.68 Å². The highest BCUT2D eigenvalue weighted by atomic mass is 35.5. The number of tetrazole rings is 1. The summed E-state index contributed by atoms with van der Waals surface area (Å²) in [4.78, 5) is 4.73. The van der Waals surface area contributed by atoms with E-state index < -0.39 is 0 Å². The van der Waals surface area contributed by atoms with Crippen LogP contribution in [0.5, 0.6) is 11.5 Å². The third-order valence-corrected chi connectivity index (χ3v) is 6.19. The number of thioether (sulfide) groups is 1. The van der Waals surface area contributed by atoms with Crippen molar-refractivity contribution in [3.05, 3.63) is 58.6 Å². The molecule has 2 aromatic carbocycles. The average molecular weight is 446 g/mol. The third kappa shape index (κ3) is 4.36. The highest BCUT2D eigenvalue weighted by molar-refractivity contribution is 7.98. The van der Waals surface area contributed by atoms with Crippen molar-refractivity contribution in [2.45, 2.75) is 10.9 Å². The fourth-order valence-electron chi connectivity index (χ4n) is 2.63. The minimum atomic E-state index is 0.651. The van der Waals surface area contributed by atoms with Gasteiger partial charge in [0.2, 0.25) is 5.16 Å². The van der Waals surface area contributed by atoms with Crippen LogP contribution in [0.4, 0.5) is 0 Å². The first-order chi connectivity index (χ1) is 14.2. The lowest BCUT2D eigenvalue weighted by Gasteiger charge is -2.08. The van der Waals surface area contributed by atoms with Crippen molar-refractivity contribution < 1.29 is 9.47 Å². The van der Waals surface area contributed by atoms with Gasteiger partial charge in [0, 0.05) is 21.7 Å². The van der Waals surface area contributed by atoms with Crippen LogP contribution >= 0.6 is 34.7 Å². The van der Waals surface area contributed by atoms with Crippen molar-refractivity contribution in [2.75, 3.05) is 14.2 Å². The van der Waals surface area contributed by atoms with Crippen LogP contribution in [0.1, 0.15) is 5.69 Å². The zero-order valence-corrected chi connectivity index (χ0v) is 18.0. The van der Waals surface area contributed by atoms with E-state index in [9.17, 15) is 0 Å². The molecule has 0 fully saturated rings. The first-order valence-corrected chi connectivity index (χ1v) is 10.8. The third-order valence-electron chi connectivity index (χ3n) is 4.04. The van der Waals surface area contributed by atoms with Crippen LogP contribution in [0.15, 0.2) is 53.0 Å². The van der Waals surface area contributed by atoms with Gasteiger partial charge in [-0.05, 0) is 52.9 Å². The SMILES string of the molecule is COc1ccc(-c2nc(CSc3nnnn3-c3ccc(Cl)cc3)cs2)cc1OC. The van der Waals surface area contributed by atoms with Gasteiger partial charge in [-0.1, -0.05) is 23.4 Å². The van der Waals surface area contributed by atoms with E-state index in [1.54, 1.807) is 30.2 Å². The number of rotatable bonds is 7. The first kappa shape index (κ1) is 19.7. The molecule has 0 N–H and O–H groups in total. The van der Waals surface area contributed by atoms with Gasteiger partial charge >= 0.3 is 0 Å². The minimum absolute atomic E-state index is 0.651. The quantitative estimate of drug-likeness (QED) is 0.380. The van der Waals surface area contributed by atoms with Gasteiger partial charge in [0.05, 0.1) is 25.6 Å². The molecule has 2 aromatic heterocycles. The molecule has 7 nitrogen and oxygen atoms in total. The van der Waals surface area contributed by atoms with Crippen molar-refractivity contribution in [1.29, 1.82) is 0 Å². The molecule has 0 aliphatic rings. The molecule has 0 aliphatic carbocycles. The van der Waals surface area contributed by atoms with Gasteiger partial charge in [0.25, 0.3) is 0 Å². The van der Waals surface area contributed by atoms with E-state index in [-0.39, 0.29) is 0 Å². The summed E-state index contributed by atoms with van der Waals surface area (Å²) in [6.45, 7) is 0. The second-order valence-electron chi connectivity index (χ2n) is 5.85. The predicted octanol–water partition coefficient (Wildman–Crippen LogP) is 4.75. The molecule has 0 bridgehead atoms. The fraction of sp³-hybridized carbons (Fsp3) is 0.158. The van der Waals surface area contributed by atoms with Crippen molar-refractivity contribution in [3.8, 4) is 27.8 Å². The molecule has 0 amide bonds. The van der Waals surface area contributed by atoms with Crippen LogP contribution in [0.25, 0.3) is 16.3 Å². The van der Waals surface area contributed by atoms with E-state index in [4.69, 9.17) is 26.1 Å². The molecule has 4 rings (SSSR count). The monoisotopic (exact) mass is 445 g/mol. The molecule has 148 valence electrons. The molecule has 2 heterocycles. The van der Waals surface area contributed by atoms with Crippen molar-refractivity contribution in [1.82, 2.24) is 25.2 Å². The summed E-state index contributed by atoms with van der Waals surface area (Å²) < 4.78 is 12.4. The van der Waals surface area contributed by atoms with E-state index in [1.165, 1.54) is 11.8 Å². The lowest BCUT2D eigenvalue weighted by molar-refractivity contribution is 0.355. The van der Waals surface area contributed by atoms with Gasteiger partial charge < -0.3 is 9.47 Å². The van der Waals surface area contributed by atoms with E-state index in [2.05, 4.69) is 15.5 Å². The van der Waals surface area contributed by atoms with Crippen LogP contribution in [0, 0.1) is 0 Å². The van der Waals surface area contributed by atoms with E-state index >= 15 is 0 Å². The molecule has 0 spiro atoms. The topological polar surface area (TPSA) is 75.0 Å². The molecule has 0 unspecified atom stereocenters. The second-order valence-corrected chi connectivity index (χ2v) is 8.09. The maximum absolute atomic E-state index is 5.95. The number of hydrogen-bond acceptors (Lipinski definition) is 8. The number of nitrogens with zero attached hydrogens (tertiary/aromatic N) is 5. The maximum Gasteiger partial charge on any atom is 0.214 e. The Bertz CT molecular complexity index is 1110. The Morgan fingerprint density at radius 3 is 2.62 bits per heavy atom. The van der Waals surface area contributed by atoms with E-state index in [0.717, 1.165) is 22.0 Å². The van der Waals surface area contributed by atoms with Gasteiger partial charge in [0.1, 0.15) is 5.01 Å². The Balaban J connectivity index is 1.48. The van der Waals surface area contributed by atoms with E-state index in [1.807, 2.05) is 47.8 Å². The molecule has 0 atom stereocenters. The minimum Gasteiger partial charge on any atom is -0.493 e. The second kappa shape index (κ2) is 8.81.